The Morgan fingerprint density at radius 3 is 1.52 bits per heavy atom. The van der Waals surface area contributed by atoms with Crippen molar-refractivity contribution in [2.45, 2.75) is 31.2 Å². The summed E-state index contributed by atoms with van der Waals surface area (Å²) in [4.78, 5) is 42.5. The lowest BCUT2D eigenvalue weighted by molar-refractivity contribution is -0.174. The number of carbonyl (C=O) groups is 4. The first-order chi connectivity index (χ1) is 14.6. The average Bonchev–Trinajstić information content (AvgIpc) is 2.59. The Balaban J connectivity index is 0.000000285. The Kier molecular flexibility index (Phi) is 11.4. The van der Waals surface area contributed by atoms with Gasteiger partial charge in [0.05, 0.1) is 52.5 Å². The minimum atomic E-state index is -1.27. The normalized spacial score (nSPS) is 17.6. The van der Waals surface area contributed by atoms with E-state index < -0.39 is 30.3 Å². The van der Waals surface area contributed by atoms with Gasteiger partial charge in [-0.3, -0.25) is 9.59 Å². The lowest BCUT2D eigenvalue weighted by atomic mass is 10.2. The van der Waals surface area contributed by atoms with Crippen molar-refractivity contribution in [3.05, 3.63) is 24.3 Å². The summed E-state index contributed by atoms with van der Waals surface area (Å²) in [6.45, 7) is 9.26. The van der Waals surface area contributed by atoms with E-state index in [9.17, 15) is 19.2 Å². The summed E-state index contributed by atoms with van der Waals surface area (Å²) in [5.41, 5.74) is -0.204. The van der Waals surface area contributed by atoms with Crippen LogP contribution < -0.4 is 0 Å². The molecule has 0 radical (unpaired) electrons. The maximum Gasteiger partial charge on any atom is 0.334 e. The van der Waals surface area contributed by atoms with E-state index in [-0.39, 0.29) is 35.9 Å². The molecule has 3 aliphatic heterocycles. The number of esters is 2. The van der Waals surface area contributed by atoms with Gasteiger partial charge in [-0.15, -0.1) is 0 Å². The van der Waals surface area contributed by atoms with Gasteiger partial charge in [-0.05, 0) is 0 Å². The third-order valence-electron chi connectivity index (χ3n) is 3.72. The summed E-state index contributed by atoms with van der Waals surface area (Å²) in [6.07, 6.45) is -1.21. The van der Waals surface area contributed by atoms with Gasteiger partial charge >= 0.3 is 23.9 Å². The van der Waals surface area contributed by atoms with Gasteiger partial charge in [-0.2, -0.15) is 0 Å². The second-order valence-electron chi connectivity index (χ2n) is 6.66. The fraction of sp³-hybridized carbons (Fsp3) is 0.579. The van der Waals surface area contributed by atoms with Crippen molar-refractivity contribution in [2.24, 2.45) is 0 Å². The van der Waals surface area contributed by atoms with Crippen LogP contribution in [0.3, 0.4) is 0 Å². The van der Waals surface area contributed by atoms with E-state index in [1.807, 2.05) is 0 Å². The molecule has 0 bridgehead atoms. The number of rotatable bonds is 8. The Morgan fingerprint density at radius 2 is 1.23 bits per heavy atom. The van der Waals surface area contributed by atoms with E-state index in [4.69, 9.17) is 34.3 Å². The molecule has 3 N–H and O–H groups in total. The standard InChI is InChI=1S/C11H14O6.C5H6O4.C3H6O2/c1-7(11(13)17-9-5-15-6-9)2-10(12)16-8-3-14-4-8;1-3(5(8)9)2-4(6)7;4-3-1-5-2-3/h8-9H,1-6H2;1-2H2,(H,6,7)(H,8,9);3-4H,1-2H2. The number of aliphatic carboxylic acids is 2. The molecule has 0 aromatic rings. The third-order valence-corrected chi connectivity index (χ3v) is 3.72. The van der Waals surface area contributed by atoms with Crippen LogP contribution >= 0.6 is 0 Å². The fourth-order valence-electron chi connectivity index (χ4n) is 1.75. The van der Waals surface area contributed by atoms with Gasteiger partial charge in [-0.1, -0.05) is 13.2 Å². The Morgan fingerprint density at radius 1 is 0.774 bits per heavy atom. The topological polar surface area (TPSA) is 175 Å². The summed E-state index contributed by atoms with van der Waals surface area (Å²) in [7, 11) is 0. The molecule has 174 valence electrons. The summed E-state index contributed by atoms with van der Waals surface area (Å²) >= 11 is 0. The number of carboxylic acid groups (broad SMARTS) is 2. The first-order valence-electron chi connectivity index (χ1n) is 9.20. The molecule has 31 heavy (non-hydrogen) atoms. The Labute approximate surface area is 178 Å². The number of carbonyl (C=O) groups excluding carboxylic acids is 2. The van der Waals surface area contributed by atoms with E-state index in [0.717, 1.165) is 0 Å². The first kappa shape index (κ1) is 26.2. The van der Waals surface area contributed by atoms with Gasteiger partial charge in [0, 0.05) is 11.1 Å². The molecule has 0 amide bonds. The maximum atomic E-state index is 11.4. The number of hydrogen-bond acceptors (Lipinski definition) is 10. The third kappa shape index (κ3) is 11.2. The lowest BCUT2D eigenvalue weighted by Gasteiger charge is -2.26. The van der Waals surface area contributed by atoms with E-state index in [0.29, 0.717) is 39.6 Å². The Hall–Kier alpha value is -2.80. The van der Waals surface area contributed by atoms with E-state index in [1.165, 1.54) is 0 Å². The quantitative estimate of drug-likeness (QED) is 0.316. The van der Waals surface area contributed by atoms with Gasteiger partial charge in [0.25, 0.3) is 0 Å². The molecule has 3 heterocycles. The summed E-state index contributed by atoms with van der Waals surface area (Å²) < 4.78 is 24.3. The van der Waals surface area contributed by atoms with Crippen molar-refractivity contribution in [2.75, 3.05) is 39.6 Å². The second kappa shape index (κ2) is 13.5. The molecule has 3 saturated heterocycles. The van der Waals surface area contributed by atoms with Gasteiger partial charge in [0.15, 0.2) is 0 Å². The predicted octanol–water partition coefficient (Wildman–Crippen LogP) is -0.704. The molecule has 0 unspecified atom stereocenters. The highest BCUT2D eigenvalue weighted by molar-refractivity contribution is 5.93. The number of carboxylic acids is 2. The largest absolute Gasteiger partial charge is 0.481 e. The minimum Gasteiger partial charge on any atom is -0.481 e. The van der Waals surface area contributed by atoms with Gasteiger partial charge < -0.3 is 39.0 Å². The summed E-state index contributed by atoms with van der Waals surface area (Å²) in [5.74, 6) is -3.50. The average molecular weight is 446 g/mol. The van der Waals surface area contributed by atoms with Crippen molar-refractivity contribution >= 4 is 23.9 Å². The monoisotopic (exact) mass is 446 g/mol. The smallest absolute Gasteiger partial charge is 0.334 e. The van der Waals surface area contributed by atoms with Crippen LogP contribution in [0.15, 0.2) is 24.3 Å². The molecule has 0 spiro atoms. The van der Waals surface area contributed by atoms with E-state index in [2.05, 4.69) is 17.9 Å². The zero-order chi connectivity index (χ0) is 23.4. The van der Waals surface area contributed by atoms with Crippen LogP contribution in [0.25, 0.3) is 0 Å². The highest BCUT2D eigenvalue weighted by atomic mass is 16.6. The molecule has 0 aromatic carbocycles. The van der Waals surface area contributed by atoms with Gasteiger partial charge in [0.2, 0.25) is 0 Å². The van der Waals surface area contributed by atoms with Gasteiger partial charge in [0.1, 0.15) is 18.3 Å². The van der Waals surface area contributed by atoms with Crippen molar-refractivity contribution in [3.63, 3.8) is 0 Å². The van der Waals surface area contributed by atoms with Crippen molar-refractivity contribution < 1.29 is 58.2 Å². The van der Waals surface area contributed by atoms with Crippen LogP contribution in [0, 0.1) is 0 Å². The zero-order valence-corrected chi connectivity index (χ0v) is 16.8. The molecule has 3 rings (SSSR count). The highest BCUT2D eigenvalue weighted by Crippen LogP contribution is 2.12. The van der Waals surface area contributed by atoms with Crippen LogP contribution in [0.1, 0.15) is 12.8 Å². The van der Waals surface area contributed by atoms with Crippen molar-refractivity contribution in [1.82, 2.24) is 0 Å². The van der Waals surface area contributed by atoms with Crippen LogP contribution in [-0.4, -0.2) is 97.1 Å². The SMILES string of the molecule is C=C(CC(=O)O)C(=O)O.C=C(CC(=O)OC1COC1)C(=O)OC1COC1.OC1COC1. The number of hydrogen-bond donors (Lipinski definition) is 3. The molecule has 3 aliphatic rings. The molecule has 0 aromatic heterocycles. The van der Waals surface area contributed by atoms with Crippen LogP contribution in [0.5, 0.6) is 0 Å². The van der Waals surface area contributed by atoms with E-state index in [1.54, 1.807) is 0 Å². The molecule has 12 heteroatoms. The number of aliphatic hydroxyl groups is 1. The molecule has 3 fully saturated rings. The molecule has 12 nitrogen and oxygen atoms in total. The fourth-order valence-corrected chi connectivity index (χ4v) is 1.75. The number of ether oxygens (including phenoxy) is 5. The van der Waals surface area contributed by atoms with Gasteiger partial charge in [-0.25, -0.2) is 9.59 Å². The zero-order valence-electron chi connectivity index (χ0n) is 16.8. The second-order valence-corrected chi connectivity index (χ2v) is 6.66. The predicted molar refractivity (Wildman–Crippen MR) is 101 cm³/mol. The van der Waals surface area contributed by atoms with E-state index >= 15 is 0 Å². The van der Waals surface area contributed by atoms with Crippen LogP contribution in [0.2, 0.25) is 0 Å². The lowest BCUT2D eigenvalue weighted by Crippen LogP contribution is -2.39. The molecule has 0 atom stereocenters. The van der Waals surface area contributed by atoms with Crippen molar-refractivity contribution in [1.29, 1.82) is 0 Å². The first-order valence-corrected chi connectivity index (χ1v) is 9.20. The molecular weight excluding hydrogens is 420 g/mol. The number of aliphatic hydroxyl groups excluding tert-OH is 1. The molecule has 0 saturated carbocycles. The maximum absolute atomic E-state index is 11.4. The highest BCUT2D eigenvalue weighted by Gasteiger charge is 2.27. The summed E-state index contributed by atoms with van der Waals surface area (Å²) in [5, 5.41) is 24.4. The minimum absolute atomic E-state index is 0.0992. The molecular formula is C19H26O12. The van der Waals surface area contributed by atoms with Crippen molar-refractivity contribution in [3.8, 4) is 0 Å². The van der Waals surface area contributed by atoms with Crippen LogP contribution in [0.4, 0.5) is 0 Å². The molecule has 0 aliphatic carbocycles. The Bertz CT molecular complexity index is 673. The summed E-state index contributed by atoms with van der Waals surface area (Å²) in [6, 6.07) is 0. The van der Waals surface area contributed by atoms with Crippen LogP contribution in [-0.2, 0) is 42.9 Å².